The van der Waals surface area contributed by atoms with Gasteiger partial charge in [0.1, 0.15) is 0 Å². The molecule has 0 bridgehead atoms. The fourth-order valence-electron chi connectivity index (χ4n) is 2.52. The van der Waals surface area contributed by atoms with Crippen molar-refractivity contribution in [3.8, 4) is 0 Å². The van der Waals surface area contributed by atoms with Gasteiger partial charge in [-0.25, -0.2) is 0 Å². The summed E-state index contributed by atoms with van der Waals surface area (Å²) in [6, 6.07) is 0. The minimum absolute atomic E-state index is 0. The average Bonchev–Trinajstić information content (AvgIpc) is 2.99. The van der Waals surface area contributed by atoms with Gasteiger partial charge in [-0.2, -0.15) is 0 Å². The molecule has 1 atom stereocenters. The Bertz CT molecular complexity index is 213. The zero-order valence-electron chi connectivity index (χ0n) is 9.08. The number of hydrogen-bond acceptors (Lipinski definition) is 2. The highest BCUT2D eigenvalue weighted by Crippen LogP contribution is 2.40. The van der Waals surface area contributed by atoms with Gasteiger partial charge in [-0.05, 0) is 57.0 Å². The summed E-state index contributed by atoms with van der Waals surface area (Å²) >= 11 is 0. The summed E-state index contributed by atoms with van der Waals surface area (Å²) < 4.78 is 0. The standard InChI is InChI=1S/C11H20N2O.ClH/c12-11(14)10(9-1-2-9)7-8-3-5-13-6-4-8;/h8-10,13H,1-7H2,(H2,12,14);1H. The minimum Gasteiger partial charge on any atom is -0.369 e. The second-order valence-corrected chi connectivity index (χ2v) is 4.78. The van der Waals surface area contributed by atoms with Crippen molar-refractivity contribution in [3.63, 3.8) is 0 Å². The summed E-state index contributed by atoms with van der Waals surface area (Å²) in [6.07, 6.45) is 5.92. The number of carbonyl (C=O) groups is 1. The van der Waals surface area contributed by atoms with Gasteiger partial charge in [0.2, 0.25) is 5.91 Å². The molecule has 0 spiro atoms. The second kappa shape index (κ2) is 5.71. The van der Waals surface area contributed by atoms with Gasteiger partial charge in [-0.15, -0.1) is 12.4 Å². The molecule has 2 rings (SSSR count). The monoisotopic (exact) mass is 232 g/mol. The van der Waals surface area contributed by atoms with Crippen LogP contribution in [0.4, 0.5) is 0 Å². The molecule has 1 saturated carbocycles. The summed E-state index contributed by atoms with van der Waals surface area (Å²) in [4.78, 5) is 11.3. The Hall–Kier alpha value is -0.280. The molecule has 0 aromatic carbocycles. The van der Waals surface area contributed by atoms with Crippen LogP contribution in [0, 0.1) is 17.8 Å². The first-order valence-electron chi connectivity index (χ1n) is 5.77. The molecule has 0 aromatic rings. The Morgan fingerprint density at radius 3 is 2.33 bits per heavy atom. The van der Waals surface area contributed by atoms with Gasteiger partial charge in [0.25, 0.3) is 0 Å². The van der Waals surface area contributed by atoms with E-state index in [1.54, 1.807) is 0 Å². The lowest BCUT2D eigenvalue weighted by Crippen LogP contribution is -2.32. The number of nitrogens with two attached hydrogens (primary N) is 1. The van der Waals surface area contributed by atoms with E-state index in [0.29, 0.717) is 5.92 Å². The van der Waals surface area contributed by atoms with E-state index in [1.165, 1.54) is 25.7 Å². The van der Waals surface area contributed by atoms with Crippen molar-refractivity contribution < 1.29 is 4.79 Å². The zero-order chi connectivity index (χ0) is 9.97. The maximum atomic E-state index is 11.3. The minimum atomic E-state index is -0.0639. The summed E-state index contributed by atoms with van der Waals surface area (Å²) in [5, 5.41) is 3.35. The Kier molecular flexibility index (Phi) is 4.87. The fraction of sp³-hybridized carbons (Fsp3) is 0.909. The first kappa shape index (κ1) is 12.8. The smallest absolute Gasteiger partial charge is 0.220 e. The third-order valence-electron chi connectivity index (χ3n) is 3.60. The van der Waals surface area contributed by atoms with Gasteiger partial charge in [0.05, 0.1) is 0 Å². The lowest BCUT2D eigenvalue weighted by atomic mass is 9.85. The Morgan fingerprint density at radius 1 is 1.27 bits per heavy atom. The number of rotatable bonds is 4. The van der Waals surface area contributed by atoms with Gasteiger partial charge < -0.3 is 11.1 Å². The molecular formula is C11H21ClN2O. The summed E-state index contributed by atoms with van der Waals surface area (Å²) in [7, 11) is 0. The molecule has 1 aliphatic heterocycles. The largest absolute Gasteiger partial charge is 0.369 e. The van der Waals surface area contributed by atoms with Crippen LogP contribution in [0.5, 0.6) is 0 Å². The first-order chi connectivity index (χ1) is 6.77. The lowest BCUT2D eigenvalue weighted by Gasteiger charge is -2.25. The molecule has 1 heterocycles. The second-order valence-electron chi connectivity index (χ2n) is 4.78. The number of nitrogens with one attached hydrogen (secondary N) is 1. The van der Waals surface area contributed by atoms with Crippen molar-refractivity contribution in [2.75, 3.05) is 13.1 Å². The SMILES string of the molecule is Cl.NC(=O)C(CC1CCNCC1)C1CC1. The van der Waals surface area contributed by atoms with Crippen molar-refractivity contribution in [3.05, 3.63) is 0 Å². The van der Waals surface area contributed by atoms with Crippen LogP contribution in [0.1, 0.15) is 32.1 Å². The number of primary amides is 1. The van der Waals surface area contributed by atoms with E-state index < -0.39 is 0 Å². The quantitative estimate of drug-likeness (QED) is 0.768. The van der Waals surface area contributed by atoms with E-state index in [2.05, 4.69) is 5.32 Å². The lowest BCUT2D eigenvalue weighted by molar-refractivity contribution is -0.123. The van der Waals surface area contributed by atoms with E-state index in [1.807, 2.05) is 0 Å². The number of amides is 1. The van der Waals surface area contributed by atoms with Crippen LogP contribution in [0.25, 0.3) is 0 Å². The maximum Gasteiger partial charge on any atom is 0.220 e. The molecule has 4 heteroatoms. The molecule has 1 unspecified atom stereocenters. The Morgan fingerprint density at radius 2 is 1.87 bits per heavy atom. The predicted molar refractivity (Wildman–Crippen MR) is 62.9 cm³/mol. The highest BCUT2D eigenvalue weighted by molar-refractivity contribution is 5.85. The molecule has 0 radical (unpaired) electrons. The van der Waals surface area contributed by atoms with Crippen molar-refractivity contribution in [2.24, 2.45) is 23.5 Å². The van der Waals surface area contributed by atoms with Crippen LogP contribution < -0.4 is 11.1 Å². The van der Waals surface area contributed by atoms with Crippen LogP contribution in [0.3, 0.4) is 0 Å². The van der Waals surface area contributed by atoms with Crippen molar-refractivity contribution in [1.82, 2.24) is 5.32 Å². The number of carbonyl (C=O) groups excluding carboxylic acids is 1. The summed E-state index contributed by atoms with van der Waals surface area (Å²) in [6.45, 7) is 2.22. The zero-order valence-corrected chi connectivity index (χ0v) is 9.89. The highest BCUT2D eigenvalue weighted by atomic mass is 35.5. The summed E-state index contributed by atoms with van der Waals surface area (Å²) in [5.41, 5.74) is 5.44. The van der Waals surface area contributed by atoms with Gasteiger partial charge in [0, 0.05) is 5.92 Å². The van der Waals surface area contributed by atoms with E-state index >= 15 is 0 Å². The van der Waals surface area contributed by atoms with E-state index in [4.69, 9.17) is 5.73 Å². The van der Waals surface area contributed by atoms with Crippen molar-refractivity contribution in [1.29, 1.82) is 0 Å². The number of hydrogen-bond donors (Lipinski definition) is 2. The molecule has 1 amide bonds. The maximum absolute atomic E-state index is 11.3. The van der Waals surface area contributed by atoms with Crippen LogP contribution in [0.15, 0.2) is 0 Å². The molecule has 1 saturated heterocycles. The van der Waals surface area contributed by atoms with Crippen molar-refractivity contribution in [2.45, 2.75) is 32.1 Å². The number of piperidine rings is 1. The highest BCUT2D eigenvalue weighted by Gasteiger charge is 2.36. The molecule has 0 aromatic heterocycles. The first-order valence-corrected chi connectivity index (χ1v) is 5.77. The normalized spacial score (nSPS) is 24.3. The average molecular weight is 233 g/mol. The molecule has 15 heavy (non-hydrogen) atoms. The van der Waals surface area contributed by atoms with E-state index in [-0.39, 0.29) is 24.2 Å². The van der Waals surface area contributed by atoms with Crippen LogP contribution in [-0.4, -0.2) is 19.0 Å². The molecular weight excluding hydrogens is 212 g/mol. The van der Waals surface area contributed by atoms with Gasteiger partial charge in [-0.1, -0.05) is 0 Å². The molecule has 88 valence electrons. The topological polar surface area (TPSA) is 55.1 Å². The fourth-order valence-corrected chi connectivity index (χ4v) is 2.52. The Labute approximate surface area is 97.6 Å². The number of halogens is 1. The van der Waals surface area contributed by atoms with Crippen LogP contribution >= 0.6 is 12.4 Å². The molecule has 3 nitrogen and oxygen atoms in total. The Balaban J connectivity index is 0.00000112. The molecule has 2 fully saturated rings. The molecule has 3 N–H and O–H groups in total. The third-order valence-corrected chi connectivity index (χ3v) is 3.60. The van der Waals surface area contributed by atoms with Crippen LogP contribution in [0.2, 0.25) is 0 Å². The third kappa shape index (κ3) is 3.65. The molecule has 1 aliphatic carbocycles. The van der Waals surface area contributed by atoms with E-state index in [9.17, 15) is 4.79 Å². The predicted octanol–water partition coefficient (Wildman–Crippen LogP) is 1.31. The van der Waals surface area contributed by atoms with Crippen LogP contribution in [-0.2, 0) is 4.79 Å². The molecule has 2 aliphatic rings. The van der Waals surface area contributed by atoms with Crippen molar-refractivity contribution >= 4 is 18.3 Å². The van der Waals surface area contributed by atoms with Gasteiger partial charge >= 0.3 is 0 Å². The van der Waals surface area contributed by atoms with Gasteiger partial charge in [0.15, 0.2) is 0 Å². The summed E-state index contributed by atoms with van der Waals surface area (Å²) in [5.74, 6) is 1.47. The van der Waals surface area contributed by atoms with E-state index in [0.717, 1.165) is 25.4 Å². The van der Waals surface area contributed by atoms with Gasteiger partial charge in [-0.3, -0.25) is 4.79 Å².